The number of rotatable bonds is 4. The lowest BCUT2D eigenvalue weighted by Crippen LogP contribution is -2.46. The lowest BCUT2D eigenvalue weighted by Gasteiger charge is -2.22. The standard InChI is InChI=1S/C18H17BrN2O4/c19-14-6-4-5-13(11-14)12-20-17(23)25-18(24)9-10-21(16(18)22)15-7-2-1-3-8-15/h1-8,11,24H,9-10,12H2,(H,20,23)/t18-/m0/s1. The molecule has 2 N–H and O–H groups in total. The van der Waals surface area contributed by atoms with Gasteiger partial charge in [-0.1, -0.05) is 46.3 Å². The zero-order valence-corrected chi connectivity index (χ0v) is 14.9. The molecular weight excluding hydrogens is 388 g/mol. The number of hydrogen-bond donors (Lipinski definition) is 2. The second kappa shape index (κ2) is 7.25. The topological polar surface area (TPSA) is 78.9 Å². The lowest BCUT2D eigenvalue weighted by atomic mass is 10.2. The molecule has 1 saturated heterocycles. The molecule has 1 aliphatic rings. The van der Waals surface area contributed by atoms with E-state index in [9.17, 15) is 14.7 Å². The van der Waals surface area contributed by atoms with E-state index in [1.807, 2.05) is 30.3 Å². The van der Waals surface area contributed by atoms with Crippen molar-refractivity contribution in [2.75, 3.05) is 11.4 Å². The van der Waals surface area contributed by atoms with Crippen LogP contribution in [0.2, 0.25) is 0 Å². The van der Waals surface area contributed by atoms with Crippen LogP contribution in [0.1, 0.15) is 12.0 Å². The average molecular weight is 405 g/mol. The summed E-state index contributed by atoms with van der Waals surface area (Å²) >= 11 is 3.35. The second-order valence-corrected chi connectivity index (χ2v) is 6.62. The van der Waals surface area contributed by atoms with Gasteiger partial charge in [-0.2, -0.15) is 0 Å². The molecule has 3 rings (SSSR count). The molecule has 7 heteroatoms. The summed E-state index contributed by atoms with van der Waals surface area (Å²) in [6.07, 6.45) is -0.823. The highest BCUT2D eigenvalue weighted by Crippen LogP contribution is 2.29. The first-order chi connectivity index (χ1) is 12.0. The van der Waals surface area contributed by atoms with Crippen molar-refractivity contribution >= 4 is 33.6 Å². The maximum Gasteiger partial charge on any atom is 0.410 e. The first-order valence-electron chi connectivity index (χ1n) is 7.79. The minimum atomic E-state index is -2.14. The van der Waals surface area contributed by atoms with Crippen LogP contribution in [0.25, 0.3) is 0 Å². The van der Waals surface area contributed by atoms with Crippen LogP contribution in [0, 0.1) is 0 Å². The Morgan fingerprint density at radius 1 is 1.24 bits per heavy atom. The first-order valence-corrected chi connectivity index (χ1v) is 8.58. The molecule has 1 fully saturated rings. The van der Waals surface area contributed by atoms with E-state index in [2.05, 4.69) is 21.2 Å². The summed E-state index contributed by atoms with van der Waals surface area (Å²) in [5.74, 6) is -2.78. The third kappa shape index (κ3) is 4.00. The predicted octanol–water partition coefficient (Wildman–Crippen LogP) is 2.80. The van der Waals surface area contributed by atoms with Crippen molar-refractivity contribution in [3.63, 3.8) is 0 Å². The summed E-state index contributed by atoms with van der Waals surface area (Å²) in [5.41, 5.74) is 1.52. The lowest BCUT2D eigenvalue weighted by molar-refractivity contribution is -0.175. The number of alkyl carbamates (subject to hydrolysis) is 1. The van der Waals surface area contributed by atoms with Gasteiger partial charge in [-0.3, -0.25) is 4.79 Å². The van der Waals surface area contributed by atoms with E-state index in [0.29, 0.717) is 5.69 Å². The number of nitrogens with zero attached hydrogens (tertiary/aromatic N) is 1. The highest BCUT2D eigenvalue weighted by atomic mass is 79.9. The number of benzene rings is 2. The van der Waals surface area contributed by atoms with Crippen LogP contribution in [0.5, 0.6) is 0 Å². The Morgan fingerprint density at radius 3 is 2.72 bits per heavy atom. The molecule has 0 bridgehead atoms. The molecule has 0 radical (unpaired) electrons. The Morgan fingerprint density at radius 2 is 2.00 bits per heavy atom. The molecule has 1 heterocycles. The Kier molecular flexibility index (Phi) is 5.06. The third-order valence-electron chi connectivity index (χ3n) is 3.91. The van der Waals surface area contributed by atoms with Crippen LogP contribution in [0.3, 0.4) is 0 Å². The van der Waals surface area contributed by atoms with Crippen molar-refractivity contribution in [1.29, 1.82) is 0 Å². The van der Waals surface area contributed by atoms with Crippen LogP contribution >= 0.6 is 15.9 Å². The molecule has 25 heavy (non-hydrogen) atoms. The number of aliphatic hydroxyl groups is 1. The molecule has 6 nitrogen and oxygen atoms in total. The zero-order chi connectivity index (χ0) is 17.9. The molecule has 1 aliphatic heterocycles. The fraction of sp³-hybridized carbons (Fsp3) is 0.222. The van der Waals surface area contributed by atoms with Crippen molar-refractivity contribution in [3.8, 4) is 0 Å². The van der Waals surface area contributed by atoms with Gasteiger partial charge in [0.1, 0.15) is 0 Å². The Balaban J connectivity index is 1.60. The van der Waals surface area contributed by atoms with Gasteiger partial charge in [0.2, 0.25) is 0 Å². The molecule has 2 aromatic carbocycles. The summed E-state index contributed by atoms with van der Waals surface area (Å²) in [6, 6.07) is 16.4. The number of amides is 2. The van der Waals surface area contributed by atoms with E-state index in [1.54, 1.807) is 24.3 Å². The number of carbonyl (C=O) groups excluding carboxylic acids is 2. The summed E-state index contributed by atoms with van der Waals surface area (Å²) < 4.78 is 5.91. The fourth-order valence-corrected chi connectivity index (χ4v) is 3.09. The first kappa shape index (κ1) is 17.4. The quantitative estimate of drug-likeness (QED) is 0.767. The van der Waals surface area contributed by atoms with Gasteiger partial charge in [0, 0.05) is 29.7 Å². The van der Waals surface area contributed by atoms with Crippen molar-refractivity contribution in [2.24, 2.45) is 0 Å². The van der Waals surface area contributed by atoms with E-state index in [0.717, 1.165) is 10.0 Å². The van der Waals surface area contributed by atoms with E-state index in [1.165, 1.54) is 4.90 Å². The number of ether oxygens (including phenoxy) is 1. The van der Waals surface area contributed by atoms with Crippen molar-refractivity contribution < 1.29 is 19.4 Å². The van der Waals surface area contributed by atoms with Gasteiger partial charge in [0.05, 0.1) is 0 Å². The van der Waals surface area contributed by atoms with Crippen molar-refractivity contribution in [1.82, 2.24) is 5.32 Å². The number of nitrogens with one attached hydrogen (secondary N) is 1. The second-order valence-electron chi connectivity index (χ2n) is 5.70. The molecule has 0 spiro atoms. The number of halogens is 1. The number of para-hydroxylation sites is 1. The normalized spacial score (nSPS) is 19.8. The van der Waals surface area contributed by atoms with Crippen LogP contribution in [-0.4, -0.2) is 29.4 Å². The van der Waals surface area contributed by atoms with E-state index in [-0.39, 0.29) is 19.5 Å². The molecule has 0 aromatic heterocycles. The van der Waals surface area contributed by atoms with Gasteiger partial charge in [0.15, 0.2) is 0 Å². The minimum Gasteiger partial charge on any atom is -0.407 e. The molecule has 2 amide bonds. The Labute approximate surface area is 153 Å². The van der Waals surface area contributed by atoms with Gasteiger partial charge < -0.3 is 20.1 Å². The summed E-state index contributed by atoms with van der Waals surface area (Å²) in [6.45, 7) is 0.503. The molecule has 0 saturated carbocycles. The van der Waals surface area contributed by atoms with Crippen LogP contribution in [0.4, 0.5) is 10.5 Å². The van der Waals surface area contributed by atoms with Gasteiger partial charge in [-0.05, 0) is 29.8 Å². The zero-order valence-electron chi connectivity index (χ0n) is 13.3. The molecular formula is C18H17BrN2O4. The average Bonchev–Trinajstić information content (AvgIpc) is 2.89. The molecule has 0 unspecified atom stereocenters. The number of carbonyl (C=O) groups is 2. The largest absolute Gasteiger partial charge is 0.410 e. The third-order valence-corrected chi connectivity index (χ3v) is 4.40. The van der Waals surface area contributed by atoms with E-state index in [4.69, 9.17) is 4.74 Å². The maximum absolute atomic E-state index is 12.4. The SMILES string of the molecule is O=C(NCc1cccc(Br)c1)O[C@@]1(O)CCN(c2ccccc2)C1=O. The van der Waals surface area contributed by atoms with Gasteiger partial charge in [-0.15, -0.1) is 0 Å². The van der Waals surface area contributed by atoms with Crippen LogP contribution < -0.4 is 10.2 Å². The highest BCUT2D eigenvalue weighted by molar-refractivity contribution is 9.10. The molecule has 2 aromatic rings. The highest BCUT2D eigenvalue weighted by Gasteiger charge is 2.49. The summed E-state index contributed by atoms with van der Waals surface area (Å²) in [5, 5.41) is 13.0. The molecule has 130 valence electrons. The van der Waals surface area contributed by atoms with Gasteiger partial charge in [0.25, 0.3) is 11.7 Å². The summed E-state index contributed by atoms with van der Waals surface area (Å²) in [7, 11) is 0. The summed E-state index contributed by atoms with van der Waals surface area (Å²) in [4.78, 5) is 25.8. The minimum absolute atomic E-state index is 0.0189. The van der Waals surface area contributed by atoms with Crippen LogP contribution in [0.15, 0.2) is 59.1 Å². The van der Waals surface area contributed by atoms with Gasteiger partial charge >= 0.3 is 6.09 Å². The van der Waals surface area contributed by atoms with E-state index >= 15 is 0 Å². The van der Waals surface area contributed by atoms with Crippen LogP contribution in [-0.2, 0) is 16.1 Å². The maximum atomic E-state index is 12.4. The van der Waals surface area contributed by atoms with Crippen molar-refractivity contribution in [3.05, 3.63) is 64.6 Å². The molecule has 1 atom stereocenters. The Bertz CT molecular complexity index is 784. The van der Waals surface area contributed by atoms with E-state index < -0.39 is 17.8 Å². The van der Waals surface area contributed by atoms with Crippen molar-refractivity contribution in [2.45, 2.75) is 18.8 Å². The smallest absolute Gasteiger partial charge is 0.407 e. The Hall–Kier alpha value is -2.38. The number of hydrogen-bond acceptors (Lipinski definition) is 4. The fourth-order valence-electron chi connectivity index (χ4n) is 2.64. The van der Waals surface area contributed by atoms with Gasteiger partial charge in [-0.25, -0.2) is 4.79 Å². The molecule has 0 aliphatic carbocycles. The number of anilines is 1. The monoisotopic (exact) mass is 404 g/mol. The predicted molar refractivity (Wildman–Crippen MR) is 95.8 cm³/mol.